The number of halogens is 1. The van der Waals surface area contributed by atoms with Crippen molar-refractivity contribution in [3.8, 4) is 5.75 Å². The fourth-order valence-corrected chi connectivity index (χ4v) is 2.95. The lowest BCUT2D eigenvalue weighted by atomic mass is 10.2. The average Bonchev–Trinajstić information content (AvgIpc) is 3.11. The summed E-state index contributed by atoms with van der Waals surface area (Å²) in [6.45, 7) is 5.25. The lowest BCUT2D eigenvalue weighted by molar-refractivity contribution is -0.384. The molecule has 0 saturated carbocycles. The predicted molar refractivity (Wildman–Crippen MR) is 118 cm³/mol. The highest BCUT2D eigenvalue weighted by Gasteiger charge is 2.21. The van der Waals surface area contributed by atoms with Gasteiger partial charge in [-0.25, -0.2) is 4.79 Å². The number of nitrogens with one attached hydrogen (secondary N) is 1. The van der Waals surface area contributed by atoms with E-state index in [2.05, 4.69) is 10.5 Å². The van der Waals surface area contributed by atoms with Gasteiger partial charge in [0.15, 0.2) is 6.10 Å². The van der Waals surface area contributed by atoms with Crippen molar-refractivity contribution in [2.75, 3.05) is 5.32 Å². The number of rotatable bonds is 8. The standard InChI is InChI=1S/C22H20ClN3O7/c1-12-18(13(2)33-25-12)11-31-17-7-4-15(5-8-17)22(28)32-14(3)21(27)24-20-10-16(26(29)30)6-9-19(20)23/h4-10,14H,11H2,1-3H3,(H,24,27). The molecule has 172 valence electrons. The number of esters is 1. The Bertz CT molecular complexity index is 1170. The van der Waals surface area contributed by atoms with Crippen LogP contribution in [0.4, 0.5) is 11.4 Å². The first-order valence-corrected chi connectivity index (χ1v) is 10.1. The lowest BCUT2D eigenvalue weighted by Gasteiger charge is -2.14. The minimum absolute atomic E-state index is 0.0403. The Hall–Kier alpha value is -3.92. The summed E-state index contributed by atoms with van der Waals surface area (Å²) >= 11 is 5.98. The Kier molecular flexibility index (Phi) is 7.29. The van der Waals surface area contributed by atoms with E-state index in [9.17, 15) is 19.7 Å². The fraction of sp³-hybridized carbons (Fsp3) is 0.227. The second kappa shape index (κ2) is 10.1. The van der Waals surface area contributed by atoms with Crippen LogP contribution >= 0.6 is 11.6 Å². The van der Waals surface area contributed by atoms with Gasteiger partial charge in [-0.05, 0) is 51.1 Å². The van der Waals surface area contributed by atoms with Crippen LogP contribution in [0, 0.1) is 24.0 Å². The summed E-state index contributed by atoms with van der Waals surface area (Å²) in [7, 11) is 0. The molecule has 1 heterocycles. The first-order chi connectivity index (χ1) is 15.7. The van der Waals surface area contributed by atoms with E-state index < -0.39 is 22.9 Å². The quantitative estimate of drug-likeness (QED) is 0.284. The van der Waals surface area contributed by atoms with Crippen LogP contribution < -0.4 is 10.1 Å². The number of aryl methyl sites for hydroxylation is 2. The third-order valence-corrected chi connectivity index (χ3v) is 5.06. The Morgan fingerprint density at radius 2 is 1.91 bits per heavy atom. The molecule has 1 unspecified atom stereocenters. The van der Waals surface area contributed by atoms with Crippen LogP contribution in [0.25, 0.3) is 0 Å². The molecule has 0 aliphatic heterocycles. The van der Waals surface area contributed by atoms with E-state index in [0.717, 1.165) is 17.3 Å². The number of benzene rings is 2. The van der Waals surface area contributed by atoms with E-state index in [-0.39, 0.29) is 28.6 Å². The molecule has 0 bridgehead atoms. The van der Waals surface area contributed by atoms with E-state index in [0.29, 0.717) is 11.5 Å². The Morgan fingerprint density at radius 1 is 1.21 bits per heavy atom. The minimum atomic E-state index is -1.18. The van der Waals surface area contributed by atoms with Gasteiger partial charge in [0.2, 0.25) is 0 Å². The number of anilines is 1. The van der Waals surface area contributed by atoms with Crippen molar-refractivity contribution in [2.24, 2.45) is 0 Å². The molecule has 3 aromatic rings. The predicted octanol–water partition coefficient (Wildman–Crippen LogP) is 4.62. The van der Waals surface area contributed by atoms with E-state index in [1.807, 2.05) is 6.92 Å². The average molecular weight is 474 g/mol. The molecular formula is C22H20ClN3O7. The summed E-state index contributed by atoms with van der Waals surface area (Å²) in [5.74, 6) is -0.214. The number of carbonyl (C=O) groups excluding carboxylic acids is 2. The number of ether oxygens (including phenoxy) is 2. The van der Waals surface area contributed by atoms with Crippen molar-refractivity contribution < 1.29 is 28.5 Å². The Balaban J connectivity index is 1.57. The first kappa shape index (κ1) is 23.7. The zero-order valence-corrected chi connectivity index (χ0v) is 18.7. The van der Waals surface area contributed by atoms with Crippen LogP contribution in [-0.4, -0.2) is 28.1 Å². The zero-order valence-electron chi connectivity index (χ0n) is 18.0. The normalized spacial score (nSPS) is 11.5. The monoisotopic (exact) mass is 473 g/mol. The molecule has 33 heavy (non-hydrogen) atoms. The molecule has 0 saturated heterocycles. The highest BCUT2D eigenvalue weighted by Crippen LogP contribution is 2.27. The van der Waals surface area contributed by atoms with Crippen molar-refractivity contribution in [3.05, 3.63) is 80.2 Å². The maximum Gasteiger partial charge on any atom is 0.338 e. The summed E-state index contributed by atoms with van der Waals surface area (Å²) in [6.07, 6.45) is -1.18. The molecular weight excluding hydrogens is 454 g/mol. The van der Waals surface area contributed by atoms with Crippen LogP contribution in [0.2, 0.25) is 5.02 Å². The second-order valence-corrected chi connectivity index (χ2v) is 7.48. The largest absolute Gasteiger partial charge is 0.489 e. The highest BCUT2D eigenvalue weighted by atomic mass is 35.5. The minimum Gasteiger partial charge on any atom is -0.489 e. The SMILES string of the molecule is Cc1noc(C)c1COc1ccc(C(=O)OC(C)C(=O)Nc2cc([N+](=O)[O-])ccc2Cl)cc1. The van der Waals surface area contributed by atoms with Crippen LogP contribution in [0.5, 0.6) is 5.75 Å². The molecule has 11 heteroatoms. The number of carbonyl (C=O) groups is 2. The third kappa shape index (κ3) is 5.86. The van der Waals surface area contributed by atoms with E-state index >= 15 is 0 Å². The topological polar surface area (TPSA) is 134 Å². The summed E-state index contributed by atoms with van der Waals surface area (Å²) in [5, 5.41) is 17.3. The number of non-ortho nitro benzene ring substituents is 1. The molecule has 2 aromatic carbocycles. The molecule has 10 nitrogen and oxygen atoms in total. The summed E-state index contributed by atoms with van der Waals surface area (Å²) < 4.78 is 16.0. The maximum atomic E-state index is 12.4. The van der Waals surface area contributed by atoms with Gasteiger partial charge in [-0.1, -0.05) is 16.8 Å². The van der Waals surface area contributed by atoms with Gasteiger partial charge in [0.1, 0.15) is 18.1 Å². The third-order valence-electron chi connectivity index (χ3n) is 4.73. The van der Waals surface area contributed by atoms with Crippen molar-refractivity contribution in [1.29, 1.82) is 0 Å². The van der Waals surface area contributed by atoms with Gasteiger partial charge in [-0.3, -0.25) is 14.9 Å². The van der Waals surface area contributed by atoms with Crippen LogP contribution in [0.15, 0.2) is 47.0 Å². The number of hydrogen-bond acceptors (Lipinski definition) is 8. The summed E-state index contributed by atoms with van der Waals surface area (Å²) in [4.78, 5) is 35.0. The van der Waals surface area contributed by atoms with Gasteiger partial charge in [-0.15, -0.1) is 0 Å². The maximum absolute atomic E-state index is 12.4. The van der Waals surface area contributed by atoms with Gasteiger partial charge in [0.05, 0.1) is 32.5 Å². The van der Waals surface area contributed by atoms with Crippen LogP contribution in [0.3, 0.4) is 0 Å². The summed E-state index contributed by atoms with van der Waals surface area (Å²) in [5.41, 5.74) is 1.61. The molecule has 0 radical (unpaired) electrons. The van der Waals surface area contributed by atoms with Gasteiger partial charge in [0, 0.05) is 12.1 Å². The van der Waals surface area contributed by atoms with Crippen LogP contribution in [-0.2, 0) is 16.1 Å². The summed E-state index contributed by atoms with van der Waals surface area (Å²) in [6, 6.07) is 9.84. The van der Waals surface area contributed by atoms with Gasteiger partial charge < -0.3 is 19.3 Å². The first-order valence-electron chi connectivity index (χ1n) is 9.76. The van der Waals surface area contributed by atoms with E-state index in [4.69, 9.17) is 25.6 Å². The van der Waals surface area contributed by atoms with Crippen molar-refractivity contribution in [3.63, 3.8) is 0 Å². The lowest BCUT2D eigenvalue weighted by Crippen LogP contribution is -2.30. The molecule has 1 atom stereocenters. The molecule has 0 spiro atoms. The van der Waals surface area contributed by atoms with Gasteiger partial charge in [0.25, 0.3) is 11.6 Å². The molecule has 3 rings (SSSR count). The number of nitrogens with zero attached hydrogens (tertiary/aromatic N) is 2. The van der Waals surface area contributed by atoms with Crippen LogP contribution in [0.1, 0.15) is 34.3 Å². The molecule has 1 amide bonds. The fourth-order valence-electron chi connectivity index (χ4n) is 2.79. The van der Waals surface area contributed by atoms with Crippen molar-refractivity contribution in [1.82, 2.24) is 5.16 Å². The molecule has 1 N–H and O–H groups in total. The van der Waals surface area contributed by atoms with E-state index in [1.54, 1.807) is 19.1 Å². The number of amides is 1. The molecule has 0 aliphatic carbocycles. The number of aromatic nitrogens is 1. The number of hydrogen-bond donors (Lipinski definition) is 1. The van der Waals surface area contributed by atoms with Gasteiger partial charge >= 0.3 is 5.97 Å². The highest BCUT2D eigenvalue weighted by molar-refractivity contribution is 6.33. The van der Waals surface area contributed by atoms with E-state index in [1.165, 1.54) is 31.2 Å². The zero-order chi connectivity index (χ0) is 24.1. The number of nitro groups is 1. The molecule has 0 aliphatic rings. The molecule has 1 aromatic heterocycles. The van der Waals surface area contributed by atoms with Gasteiger partial charge in [-0.2, -0.15) is 0 Å². The smallest absolute Gasteiger partial charge is 0.338 e. The second-order valence-electron chi connectivity index (χ2n) is 7.07. The number of nitro benzene ring substituents is 1. The van der Waals surface area contributed by atoms with Crippen molar-refractivity contribution in [2.45, 2.75) is 33.5 Å². The Labute approximate surface area is 193 Å². The Morgan fingerprint density at radius 3 is 2.52 bits per heavy atom. The molecule has 0 fully saturated rings. The van der Waals surface area contributed by atoms with Crippen molar-refractivity contribution >= 4 is 34.9 Å².